The number of quaternary nitrogens is 1. The third-order valence-corrected chi connectivity index (χ3v) is 8.55. The van der Waals surface area contributed by atoms with Gasteiger partial charge in [0.1, 0.15) is 12.6 Å². The van der Waals surface area contributed by atoms with Crippen LogP contribution in [-0.4, -0.2) is 75.5 Å². The lowest BCUT2D eigenvalue weighted by Crippen LogP contribution is -2.55. The van der Waals surface area contributed by atoms with Gasteiger partial charge in [-0.25, -0.2) is 0 Å². The van der Waals surface area contributed by atoms with Gasteiger partial charge in [-0.2, -0.15) is 0 Å². The van der Waals surface area contributed by atoms with E-state index in [9.17, 15) is 19.5 Å². The highest BCUT2D eigenvalue weighted by atomic mass is 16.6. The summed E-state index contributed by atoms with van der Waals surface area (Å²) in [6.45, 7) is 4.42. The molecule has 0 heterocycles. The van der Waals surface area contributed by atoms with E-state index in [-0.39, 0.29) is 49.1 Å². The van der Waals surface area contributed by atoms with Crippen LogP contribution < -0.4 is 5.11 Å². The number of carboxylic acid groups (broad SMARTS) is 1. The van der Waals surface area contributed by atoms with Crippen molar-refractivity contribution in [1.82, 2.24) is 0 Å². The Labute approximate surface area is 311 Å². The van der Waals surface area contributed by atoms with Crippen LogP contribution in [0.25, 0.3) is 0 Å². The lowest BCUT2D eigenvalue weighted by atomic mass is 10.0. The van der Waals surface area contributed by atoms with E-state index in [0.717, 1.165) is 32.1 Å². The Balaban J connectivity index is 4.51. The fraction of sp³-hybridized carbons (Fsp3) is 0.698. The fourth-order valence-corrected chi connectivity index (χ4v) is 5.45. The van der Waals surface area contributed by atoms with Crippen LogP contribution in [0, 0.1) is 0 Å². The van der Waals surface area contributed by atoms with Crippen LogP contribution in [-0.2, 0) is 28.6 Å². The lowest BCUT2D eigenvalue weighted by molar-refractivity contribution is -0.889. The summed E-state index contributed by atoms with van der Waals surface area (Å²) in [5.74, 6) is -1.84. The van der Waals surface area contributed by atoms with Crippen LogP contribution in [0.2, 0.25) is 0 Å². The second-order valence-electron chi connectivity index (χ2n) is 14.3. The SMILES string of the molecule is CC/C=C/C=C/C=C/C=C/C=C/CCCC(=O)OC(COCCC(C(=O)[O-])[N+](C)(C)C)COC(=O)CCCCCCCCCCCCCCCC. The van der Waals surface area contributed by atoms with Crippen molar-refractivity contribution in [3.63, 3.8) is 0 Å². The number of esters is 2. The highest BCUT2D eigenvalue weighted by Gasteiger charge is 2.25. The molecule has 0 radical (unpaired) electrons. The number of likely N-dealkylation sites (N-methyl/N-ethyl adjacent to an activating group) is 1. The van der Waals surface area contributed by atoms with Crippen LogP contribution >= 0.6 is 0 Å². The number of hydrogen-bond donors (Lipinski definition) is 0. The van der Waals surface area contributed by atoms with Crippen LogP contribution in [0.4, 0.5) is 0 Å². The predicted octanol–water partition coefficient (Wildman–Crippen LogP) is 8.91. The number of unbranched alkanes of at least 4 members (excludes halogenated alkanes) is 14. The van der Waals surface area contributed by atoms with E-state index in [0.29, 0.717) is 12.8 Å². The molecule has 0 spiro atoms. The molecule has 0 saturated heterocycles. The highest BCUT2D eigenvalue weighted by molar-refractivity contribution is 5.70. The molecule has 2 unspecified atom stereocenters. The van der Waals surface area contributed by atoms with E-state index in [4.69, 9.17) is 14.2 Å². The maximum atomic E-state index is 12.6. The Kier molecular flexibility index (Phi) is 32.1. The van der Waals surface area contributed by atoms with Crippen molar-refractivity contribution in [3.8, 4) is 0 Å². The minimum absolute atomic E-state index is 0.0110. The third-order valence-electron chi connectivity index (χ3n) is 8.55. The van der Waals surface area contributed by atoms with Crippen molar-refractivity contribution in [2.75, 3.05) is 41.0 Å². The second-order valence-corrected chi connectivity index (χ2v) is 14.3. The van der Waals surface area contributed by atoms with Gasteiger partial charge in [-0.05, 0) is 25.7 Å². The Morgan fingerprint density at radius 1 is 0.608 bits per heavy atom. The van der Waals surface area contributed by atoms with Crippen LogP contribution in [0.3, 0.4) is 0 Å². The molecule has 0 fully saturated rings. The summed E-state index contributed by atoms with van der Waals surface area (Å²) in [4.78, 5) is 36.7. The summed E-state index contributed by atoms with van der Waals surface area (Å²) in [6, 6.07) is -0.738. The average molecular weight is 716 g/mol. The van der Waals surface area contributed by atoms with Gasteiger partial charge in [0, 0.05) is 19.3 Å². The van der Waals surface area contributed by atoms with E-state index < -0.39 is 18.1 Å². The summed E-state index contributed by atoms with van der Waals surface area (Å²) in [5.41, 5.74) is 0. The molecule has 0 rings (SSSR count). The van der Waals surface area contributed by atoms with E-state index in [2.05, 4.69) is 19.9 Å². The largest absolute Gasteiger partial charge is 0.544 e. The first-order valence-electron chi connectivity index (χ1n) is 19.9. The molecule has 0 N–H and O–H groups in total. The van der Waals surface area contributed by atoms with Gasteiger partial charge >= 0.3 is 11.9 Å². The third kappa shape index (κ3) is 32.7. The van der Waals surface area contributed by atoms with Crippen molar-refractivity contribution in [2.45, 2.75) is 154 Å². The van der Waals surface area contributed by atoms with Crippen LogP contribution in [0.1, 0.15) is 142 Å². The molecule has 8 nitrogen and oxygen atoms in total. The van der Waals surface area contributed by atoms with Gasteiger partial charge in [-0.1, -0.05) is 158 Å². The molecule has 292 valence electrons. The molecular formula is C43H73NO7. The first-order valence-corrected chi connectivity index (χ1v) is 19.9. The summed E-state index contributed by atoms with van der Waals surface area (Å²) in [6.07, 6.45) is 39.7. The van der Waals surface area contributed by atoms with Crippen molar-refractivity contribution in [2.24, 2.45) is 0 Å². The smallest absolute Gasteiger partial charge is 0.306 e. The van der Waals surface area contributed by atoms with Crippen molar-refractivity contribution >= 4 is 17.9 Å². The predicted molar refractivity (Wildman–Crippen MR) is 208 cm³/mol. The zero-order valence-electron chi connectivity index (χ0n) is 33.0. The average Bonchev–Trinajstić information content (AvgIpc) is 3.08. The molecule has 0 bridgehead atoms. The van der Waals surface area contributed by atoms with Crippen LogP contribution in [0.15, 0.2) is 60.8 Å². The van der Waals surface area contributed by atoms with Gasteiger partial charge in [0.15, 0.2) is 6.10 Å². The van der Waals surface area contributed by atoms with E-state index in [1.807, 2.05) is 54.7 Å². The first-order chi connectivity index (χ1) is 24.6. The molecule has 8 heteroatoms. The fourth-order valence-electron chi connectivity index (χ4n) is 5.45. The number of carbonyl (C=O) groups is 3. The Bertz CT molecular complexity index is 1020. The Morgan fingerprint density at radius 3 is 1.61 bits per heavy atom. The standard InChI is InChI=1S/C43H73NO7/c1-6-8-10-12-14-16-18-20-22-23-25-27-29-31-33-41(45)50-38-39(37-49-36-35-40(43(47)48)44(3,4)5)51-42(46)34-32-30-28-26-24-21-19-17-15-13-11-9-7-2/h9,11,13,15,17,19,21,24,26,28,39-40H,6-8,10,12,14,16,18,20,22-23,25,27,29-38H2,1-5H3/b11-9+,15-13+,19-17+,24-21+,28-26+. The molecule has 0 aromatic carbocycles. The summed E-state index contributed by atoms with van der Waals surface area (Å²) in [7, 11) is 5.37. The minimum atomic E-state index is -1.14. The summed E-state index contributed by atoms with van der Waals surface area (Å²) < 4.78 is 17.0. The van der Waals surface area contributed by atoms with Gasteiger partial charge in [0.2, 0.25) is 0 Å². The molecule has 0 aromatic rings. The maximum absolute atomic E-state index is 12.6. The molecule has 2 atom stereocenters. The Hall–Kier alpha value is -2.97. The molecule has 0 saturated carbocycles. The molecule has 0 aromatic heterocycles. The number of rotatable bonds is 34. The van der Waals surface area contributed by atoms with E-state index >= 15 is 0 Å². The summed E-state index contributed by atoms with van der Waals surface area (Å²) in [5, 5.41) is 11.6. The number of carbonyl (C=O) groups excluding carboxylic acids is 3. The second kappa shape index (κ2) is 34.1. The van der Waals surface area contributed by atoms with Gasteiger partial charge in [-0.15, -0.1) is 0 Å². The van der Waals surface area contributed by atoms with E-state index in [1.54, 1.807) is 21.1 Å². The number of allylic oxidation sites excluding steroid dienone is 10. The van der Waals surface area contributed by atoms with Gasteiger partial charge in [-0.3, -0.25) is 9.59 Å². The number of ether oxygens (including phenoxy) is 3. The van der Waals surface area contributed by atoms with Crippen molar-refractivity contribution in [1.29, 1.82) is 0 Å². The summed E-state index contributed by atoms with van der Waals surface area (Å²) >= 11 is 0. The quantitative estimate of drug-likeness (QED) is 0.0284. The molecular weight excluding hydrogens is 642 g/mol. The van der Waals surface area contributed by atoms with Gasteiger partial charge in [0.05, 0.1) is 40.3 Å². The molecule has 0 aliphatic rings. The number of aliphatic carboxylic acids is 1. The zero-order valence-corrected chi connectivity index (χ0v) is 33.0. The first kappa shape index (κ1) is 48.0. The molecule has 51 heavy (non-hydrogen) atoms. The number of nitrogens with zero attached hydrogens (tertiary/aromatic N) is 1. The maximum Gasteiger partial charge on any atom is 0.306 e. The monoisotopic (exact) mass is 716 g/mol. The lowest BCUT2D eigenvalue weighted by Gasteiger charge is -2.34. The topological polar surface area (TPSA) is 102 Å². The van der Waals surface area contributed by atoms with E-state index in [1.165, 1.54) is 70.6 Å². The van der Waals surface area contributed by atoms with Gasteiger partial charge < -0.3 is 28.6 Å². The molecule has 0 aliphatic carbocycles. The van der Waals surface area contributed by atoms with Crippen molar-refractivity contribution in [3.05, 3.63) is 60.8 Å². The zero-order chi connectivity index (χ0) is 37.8. The van der Waals surface area contributed by atoms with Gasteiger partial charge in [0.25, 0.3) is 0 Å². The van der Waals surface area contributed by atoms with Crippen molar-refractivity contribution < 1.29 is 38.2 Å². The number of hydrogen-bond acceptors (Lipinski definition) is 7. The molecule has 0 aliphatic heterocycles. The molecule has 0 amide bonds. The highest BCUT2D eigenvalue weighted by Crippen LogP contribution is 2.14. The minimum Gasteiger partial charge on any atom is -0.544 e. The normalized spacial score (nSPS) is 13.7. The number of carboxylic acids is 1. The van der Waals surface area contributed by atoms with Crippen LogP contribution in [0.5, 0.6) is 0 Å². The Morgan fingerprint density at radius 2 is 1.10 bits per heavy atom.